The van der Waals surface area contributed by atoms with Crippen LogP contribution >= 0.6 is 0 Å². The number of unbranched alkanes of at least 4 members (excludes halogenated alkanes) is 30. The molecule has 0 aromatic rings. The molecule has 2 unspecified atom stereocenters. The van der Waals surface area contributed by atoms with Crippen LogP contribution in [-0.2, 0) is 9.47 Å². The lowest BCUT2D eigenvalue weighted by Gasteiger charge is -2.34. The third kappa shape index (κ3) is 32.2. The van der Waals surface area contributed by atoms with Crippen LogP contribution < -0.4 is 0 Å². The largest absolute Gasteiger partial charge is 0.393 e. The number of rotatable bonds is 39. The number of hydrogen-bond donors (Lipinski definition) is 1. The molecule has 0 aromatic heterocycles. The fourth-order valence-corrected chi connectivity index (χ4v) is 6.49. The van der Waals surface area contributed by atoms with Crippen LogP contribution in [0.4, 0.5) is 0 Å². The number of ether oxygens (including phenoxy) is 2. The molecule has 1 N–H and O–H groups in total. The molecular formula is C42H86O3. The highest BCUT2D eigenvalue weighted by molar-refractivity contribution is 4.80. The highest BCUT2D eigenvalue weighted by atomic mass is 16.5. The maximum absolute atomic E-state index is 10.1. The molecule has 272 valence electrons. The van der Waals surface area contributed by atoms with E-state index in [0.29, 0.717) is 6.61 Å². The smallest absolute Gasteiger partial charge is 0.0931 e. The number of aliphatic hydroxyl groups excluding tert-OH is 1. The summed E-state index contributed by atoms with van der Waals surface area (Å²) in [5.41, 5.74) is -0.496. The van der Waals surface area contributed by atoms with E-state index < -0.39 is 5.60 Å². The quantitative estimate of drug-likeness (QED) is 0.0681. The molecule has 0 rings (SSSR count). The molecule has 0 fully saturated rings. The van der Waals surface area contributed by atoms with Crippen molar-refractivity contribution in [3.05, 3.63) is 0 Å². The lowest BCUT2D eigenvalue weighted by Crippen LogP contribution is -2.42. The van der Waals surface area contributed by atoms with Gasteiger partial charge in [-0.25, -0.2) is 0 Å². The highest BCUT2D eigenvalue weighted by Gasteiger charge is 2.31. The zero-order valence-electron chi connectivity index (χ0n) is 31.8. The van der Waals surface area contributed by atoms with Crippen LogP contribution in [0.2, 0.25) is 0 Å². The second-order valence-electron chi connectivity index (χ2n) is 14.9. The van der Waals surface area contributed by atoms with Crippen molar-refractivity contribution >= 4 is 0 Å². The number of hydrogen-bond acceptors (Lipinski definition) is 3. The molecule has 0 aliphatic rings. The molecule has 0 bridgehead atoms. The summed E-state index contributed by atoms with van der Waals surface area (Å²) >= 11 is 0. The van der Waals surface area contributed by atoms with Gasteiger partial charge in [-0.3, -0.25) is 0 Å². The Balaban J connectivity index is 3.48. The zero-order chi connectivity index (χ0) is 32.9. The summed E-state index contributed by atoms with van der Waals surface area (Å²) in [6.07, 6.45) is 44.5. The Hall–Kier alpha value is -0.120. The van der Waals surface area contributed by atoms with E-state index in [1.807, 2.05) is 0 Å². The summed E-state index contributed by atoms with van der Waals surface area (Å²) in [5, 5.41) is 10.1. The van der Waals surface area contributed by atoms with Crippen molar-refractivity contribution in [3.63, 3.8) is 0 Å². The van der Waals surface area contributed by atoms with E-state index in [4.69, 9.17) is 9.47 Å². The SMILES string of the molecule is CCCCCCCCCCCCCCCCCCOCC(C)C(C)(CO)OCCCCCCCCCCCCCCCCCC. The van der Waals surface area contributed by atoms with Gasteiger partial charge in [-0.15, -0.1) is 0 Å². The van der Waals surface area contributed by atoms with Gasteiger partial charge in [-0.1, -0.05) is 213 Å². The Bertz CT molecular complexity index is 538. The first kappa shape index (κ1) is 44.9. The van der Waals surface area contributed by atoms with Crippen molar-refractivity contribution in [2.45, 2.75) is 239 Å². The van der Waals surface area contributed by atoms with Crippen LogP contribution in [0.5, 0.6) is 0 Å². The van der Waals surface area contributed by atoms with Crippen molar-refractivity contribution < 1.29 is 14.6 Å². The minimum atomic E-state index is -0.496. The Morgan fingerprint density at radius 1 is 0.422 bits per heavy atom. The molecule has 0 saturated heterocycles. The third-order valence-corrected chi connectivity index (χ3v) is 10.3. The van der Waals surface area contributed by atoms with Crippen LogP contribution in [0, 0.1) is 5.92 Å². The highest BCUT2D eigenvalue weighted by Crippen LogP contribution is 2.23. The van der Waals surface area contributed by atoms with E-state index >= 15 is 0 Å². The topological polar surface area (TPSA) is 38.7 Å². The van der Waals surface area contributed by atoms with Gasteiger partial charge >= 0.3 is 0 Å². The first-order chi connectivity index (χ1) is 22.1. The molecule has 2 atom stereocenters. The zero-order valence-corrected chi connectivity index (χ0v) is 31.8. The summed E-state index contributed by atoms with van der Waals surface area (Å²) in [5.74, 6) is 0.199. The van der Waals surface area contributed by atoms with E-state index in [-0.39, 0.29) is 12.5 Å². The Labute approximate surface area is 285 Å². The van der Waals surface area contributed by atoms with Gasteiger partial charge < -0.3 is 14.6 Å². The van der Waals surface area contributed by atoms with Gasteiger partial charge in [0.2, 0.25) is 0 Å². The summed E-state index contributed by atoms with van der Waals surface area (Å²) in [6, 6.07) is 0. The summed E-state index contributed by atoms with van der Waals surface area (Å²) in [4.78, 5) is 0. The Morgan fingerprint density at radius 2 is 0.689 bits per heavy atom. The molecule has 0 aliphatic carbocycles. The van der Waals surface area contributed by atoms with E-state index in [9.17, 15) is 5.11 Å². The minimum Gasteiger partial charge on any atom is -0.393 e. The van der Waals surface area contributed by atoms with Crippen LogP contribution in [0.25, 0.3) is 0 Å². The first-order valence-corrected chi connectivity index (χ1v) is 20.9. The molecule has 3 nitrogen and oxygen atoms in total. The molecule has 0 spiro atoms. The molecule has 0 aliphatic heterocycles. The fraction of sp³-hybridized carbons (Fsp3) is 1.00. The predicted octanol–water partition coefficient (Wildman–Crippen LogP) is 13.9. The monoisotopic (exact) mass is 639 g/mol. The van der Waals surface area contributed by atoms with E-state index in [1.54, 1.807) is 0 Å². The average molecular weight is 639 g/mol. The van der Waals surface area contributed by atoms with E-state index in [1.165, 1.54) is 193 Å². The van der Waals surface area contributed by atoms with Crippen molar-refractivity contribution in [2.24, 2.45) is 5.92 Å². The molecule has 0 radical (unpaired) electrons. The van der Waals surface area contributed by atoms with Crippen LogP contribution in [-0.4, -0.2) is 37.1 Å². The van der Waals surface area contributed by atoms with Gasteiger partial charge in [0.05, 0.1) is 18.8 Å². The molecule has 0 aromatic carbocycles. The predicted molar refractivity (Wildman–Crippen MR) is 201 cm³/mol. The van der Waals surface area contributed by atoms with Gasteiger partial charge in [-0.2, -0.15) is 0 Å². The Kier molecular flexibility index (Phi) is 36.6. The molecule has 3 heteroatoms. The lowest BCUT2D eigenvalue weighted by atomic mass is 9.92. The molecular weight excluding hydrogens is 552 g/mol. The van der Waals surface area contributed by atoms with Gasteiger partial charge in [0, 0.05) is 19.1 Å². The van der Waals surface area contributed by atoms with Crippen LogP contribution in [0.15, 0.2) is 0 Å². The lowest BCUT2D eigenvalue weighted by molar-refractivity contribution is -0.117. The number of aliphatic hydroxyl groups is 1. The second kappa shape index (κ2) is 36.7. The maximum atomic E-state index is 10.1. The van der Waals surface area contributed by atoms with Crippen molar-refractivity contribution in [3.8, 4) is 0 Å². The van der Waals surface area contributed by atoms with Crippen LogP contribution in [0.3, 0.4) is 0 Å². The van der Waals surface area contributed by atoms with E-state index in [0.717, 1.165) is 26.1 Å². The summed E-state index contributed by atoms with van der Waals surface area (Å²) in [7, 11) is 0. The normalized spacial score (nSPS) is 13.8. The van der Waals surface area contributed by atoms with E-state index in [2.05, 4.69) is 27.7 Å². The molecule has 0 amide bonds. The van der Waals surface area contributed by atoms with Crippen molar-refractivity contribution in [2.75, 3.05) is 26.4 Å². The first-order valence-electron chi connectivity index (χ1n) is 20.9. The van der Waals surface area contributed by atoms with Crippen LogP contribution in [0.1, 0.15) is 233 Å². The molecule has 0 heterocycles. The Morgan fingerprint density at radius 3 is 0.978 bits per heavy atom. The van der Waals surface area contributed by atoms with Gasteiger partial charge in [0.15, 0.2) is 0 Å². The maximum Gasteiger partial charge on any atom is 0.0931 e. The van der Waals surface area contributed by atoms with Gasteiger partial charge in [0.25, 0.3) is 0 Å². The molecule has 0 saturated carbocycles. The van der Waals surface area contributed by atoms with Crippen molar-refractivity contribution in [1.29, 1.82) is 0 Å². The average Bonchev–Trinajstić information content (AvgIpc) is 3.05. The van der Waals surface area contributed by atoms with Gasteiger partial charge in [-0.05, 0) is 19.8 Å². The fourth-order valence-electron chi connectivity index (χ4n) is 6.49. The van der Waals surface area contributed by atoms with Gasteiger partial charge in [0.1, 0.15) is 0 Å². The molecule has 45 heavy (non-hydrogen) atoms. The standard InChI is InChI=1S/C42H86O3/c1-5-7-9-11-13-15-17-19-21-23-25-27-29-31-33-35-37-44-39-41(3)42(4,40-43)45-38-36-34-32-30-28-26-24-22-20-18-16-14-12-10-8-6-2/h41,43H,5-40H2,1-4H3. The third-order valence-electron chi connectivity index (χ3n) is 10.3. The summed E-state index contributed by atoms with van der Waals surface area (Å²) < 4.78 is 12.2. The second-order valence-corrected chi connectivity index (χ2v) is 14.9. The summed E-state index contributed by atoms with van der Waals surface area (Å²) in [6.45, 7) is 11.1. The van der Waals surface area contributed by atoms with Crippen molar-refractivity contribution in [1.82, 2.24) is 0 Å². The minimum absolute atomic E-state index is 0.0649.